The predicted octanol–water partition coefficient (Wildman–Crippen LogP) is 1.85. The van der Waals surface area contributed by atoms with Crippen LogP contribution in [0.4, 0.5) is 0 Å². The van der Waals surface area contributed by atoms with Crippen LogP contribution in [0.2, 0.25) is 0 Å². The molecule has 6 nitrogen and oxygen atoms in total. The smallest absolute Gasteiger partial charge is 0.243 e. The lowest BCUT2D eigenvalue weighted by Crippen LogP contribution is -2.54. The minimum absolute atomic E-state index is 0. The summed E-state index contributed by atoms with van der Waals surface area (Å²) in [6, 6.07) is 12.9. The first-order valence-corrected chi connectivity index (χ1v) is 10.5. The Hall–Kier alpha value is -1.67. The highest BCUT2D eigenvalue weighted by molar-refractivity contribution is 7.89. The van der Waals surface area contributed by atoms with Gasteiger partial charge in [0.05, 0.1) is 10.9 Å². The fourth-order valence-electron chi connectivity index (χ4n) is 3.74. The molecule has 2 aromatic carbocycles. The van der Waals surface area contributed by atoms with Crippen molar-refractivity contribution in [3.63, 3.8) is 0 Å². The molecule has 2 aliphatic rings. The Bertz CT molecular complexity index is 921. The van der Waals surface area contributed by atoms with Crippen LogP contribution in [0.15, 0.2) is 47.4 Å². The fourth-order valence-corrected chi connectivity index (χ4v) is 5.20. The van der Waals surface area contributed by atoms with Crippen LogP contribution in [0.5, 0.6) is 0 Å². The highest BCUT2D eigenvalue weighted by Gasteiger charge is 2.33. The number of piperazine rings is 1. The van der Waals surface area contributed by atoms with Gasteiger partial charge in [-0.15, -0.1) is 12.4 Å². The standard InChI is InChI=1S/C19H23N3O3S.ClH/c23-19(18-6-3-9-20-18)21-10-12-22(13-11-21)26(24,25)17-8-7-15-4-1-2-5-16(15)14-17;/h1-2,4-5,7-8,14,18,20H,3,6,9-13H2;1H. The van der Waals surface area contributed by atoms with Crippen molar-refractivity contribution in [2.24, 2.45) is 0 Å². The molecule has 8 heteroatoms. The summed E-state index contributed by atoms with van der Waals surface area (Å²) >= 11 is 0. The zero-order chi connectivity index (χ0) is 18.1. The zero-order valence-corrected chi connectivity index (χ0v) is 16.6. The van der Waals surface area contributed by atoms with Gasteiger partial charge in [-0.2, -0.15) is 4.31 Å². The Morgan fingerprint density at radius 1 is 1.00 bits per heavy atom. The summed E-state index contributed by atoms with van der Waals surface area (Å²) in [6.07, 6.45) is 1.89. The SMILES string of the molecule is Cl.O=C(C1CCCN1)N1CCN(S(=O)(=O)c2ccc3ccccc3c2)CC1. The summed E-state index contributed by atoms with van der Waals surface area (Å²) in [5.74, 6) is 0.102. The number of rotatable bonds is 3. The molecule has 2 aliphatic heterocycles. The van der Waals surface area contributed by atoms with E-state index in [2.05, 4.69) is 5.32 Å². The third-order valence-electron chi connectivity index (χ3n) is 5.27. The third kappa shape index (κ3) is 3.96. The highest BCUT2D eigenvalue weighted by atomic mass is 35.5. The Balaban J connectivity index is 0.00000210. The topological polar surface area (TPSA) is 69.7 Å². The second kappa shape index (κ2) is 8.14. The number of halogens is 1. The average molecular weight is 410 g/mol. The third-order valence-corrected chi connectivity index (χ3v) is 7.16. The van der Waals surface area contributed by atoms with Crippen LogP contribution in [-0.2, 0) is 14.8 Å². The fraction of sp³-hybridized carbons (Fsp3) is 0.421. The molecule has 2 fully saturated rings. The van der Waals surface area contributed by atoms with Gasteiger partial charge in [0.15, 0.2) is 0 Å². The van der Waals surface area contributed by atoms with Gasteiger partial charge >= 0.3 is 0 Å². The molecule has 4 rings (SSSR count). The van der Waals surface area contributed by atoms with E-state index in [1.165, 1.54) is 4.31 Å². The van der Waals surface area contributed by atoms with Crippen LogP contribution in [0.25, 0.3) is 10.8 Å². The second-order valence-electron chi connectivity index (χ2n) is 6.89. The number of carbonyl (C=O) groups excluding carboxylic acids is 1. The molecule has 1 amide bonds. The molecule has 146 valence electrons. The van der Waals surface area contributed by atoms with Gasteiger partial charge in [0.25, 0.3) is 0 Å². The van der Waals surface area contributed by atoms with E-state index in [1.807, 2.05) is 30.3 Å². The lowest BCUT2D eigenvalue weighted by atomic mass is 10.1. The quantitative estimate of drug-likeness (QED) is 0.839. The van der Waals surface area contributed by atoms with E-state index >= 15 is 0 Å². The van der Waals surface area contributed by atoms with Crippen molar-refractivity contribution in [1.82, 2.24) is 14.5 Å². The van der Waals surface area contributed by atoms with Crippen molar-refractivity contribution < 1.29 is 13.2 Å². The summed E-state index contributed by atoms with van der Waals surface area (Å²) in [5, 5.41) is 5.15. The number of sulfonamides is 1. The van der Waals surface area contributed by atoms with Gasteiger partial charge in [0.1, 0.15) is 0 Å². The maximum Gasteiger partial charge on any atom is 0.243 e. The van der Waals surface area contributed by atoms with E-state index in [0.29, 0.717) is 31.1 Å². The first-order chi connectivity index (χ1) is 12.6. The number of hydrogen-bond donors (Lipinski definition) is 1. The summed E-state index contributed by atoms with van der Waals surface area (Å²) < 4.78 is 27.4. The van der Waals surface area contributed by atoms with Crippen molar-refractivity contribution in [3.05, 3.63) is 42.5 Å². The molecule has 0 aliphatic carbocycles. The van der Waals surface area contributed by atoms with E-state index in [0.717, 1.165) is 30.2 Å². The molecule has 0 spiro atoms. The predicted molar refractivity (Wildman–Crippen MR) is 108 cm³/mol. The van der Waals surface area contributed by atoms with Crippen molar-refractivity contribution in [1.29, 1.82) is 0 Å². The van der Waals surface area contributed by atoms with Crippen LogP contribution < -0.4 is 5.32 Å². The zero-order valence-electron chi connectivity index (χ0n) is 15.0. The largest absolute Gasteiger partial charge is 0.339 e. The number of nitrogens with one attached hydrogen (secondary N) is 1. The maximum atomic E-state index is 13.0. The lowest BCUT2D eigenvalue weighted by Gasteiger charge is -2.35. The van der Waals surface area contributed by atoms with Gasteiger partial charge in [-0.1, -0.05) is 30.3 Å². The molecule has 1 N–H and O–H groups in total. The molecule has 0 saturated carbocycles. The summed E-state index contributed by atoms with van der Waals surface area (Å²) in [4.78, 5) is 14.6. The molecule has 1 atom stereocenters. The highest BCUT2D eigenvalue weighted by Crippen LogP contribution is 2.23. The van der Waals surface area contributed by atoms with Gasteiger partial charge in [0.2, 0.25) is 15.9 Å². The molecule has 27 heavy (non-hydrogen) atoms. The summed E-state index contributed by atoms with van der Waals surface area (Å²) in [7, 11) is -3.54. The lowest BCUT2D eigenvalue weighted by molar-refractivity contribution is -0.134. The van der Waals surface area contributed by atoms with Gasteiger partial charge in [-0.05, 0) is 42.3 Å². The van der Waals surface area contributed by atoms with Crippen LogP contribution in [0.1, 0.15) is 12.8 Å². The molecule has 0 bridgehead atoms. The van der Waals surface area contributed by atoms with E-state index < -0.39 is 10.0 Å². The number of hydrogen-bond acceptors (Lipinski definition) is 4. The molecule has 2 aromatic rings. The summed E-state index contributed by atoms with van der Waals surface area (Å²) in [6.45, 7) is 2.46. The van der Waals surface area contributed by atoms with E-state index in [4.69, 9.17) is 0 Å². The second-order valence-corrected chi connectivity index (χ2v) is 8.83. The normalized spacial score (nSPS) is 21.2. The average Bonchev–Trinajstić information content (AvgIpc) is 3.22. The molecule has 2 saturated heterocycles. The van der Waals surface area contributed by atoms with Crippen LogP contribution in [-0.4, -0.2) is 62.3 Å². The number of amides is 1. The maximum absolute atomic E-state index is 13.0. The minimum Gasteiger partial charge on any atom is -0.339 e. The van der Waals surface area contributed by atoms with E-state index in [1.54, 1.807) is 17.0 Å². The molecule has 0 radical (unpaired) electrons. The van der Waals surface area contributed by atoms with Crippen LogP contribution in [0.3, 0.4) is 0 Å². The van der Waals surface area contributed by atoms with Crippen molar-refractivity contribution in [2.75, 3.05) is 32.7 Å². The van der Waals surface area contributed by atoms with Crippen LogP contribution in [0, 0.1) is 0 Å². The van der Waals surface area contributed by atoms with Gasteiger partial charge in [-0.25, -0.2) is 8.42 Å². The van der Waals surface area contributed by atoms with E-state index in [-0.39, 0.29) is 24.4 Å². The molecular formula is C19H24ClN3O3S. The van der Waals surface area contributed by atoms with Crippen molar-refractivity contribution >= 4 is 39.1 Å². The van der Waals surface area contributed by atoms with Crippen molar-refractivity contribution in [3.8, 4) is 0 Å². The Kier molecular flexibility index (Phi) is 6.05. The number of benzene rings is 2. The molecule has 1 unspecified atom stereocenters. The number of fused-ring (bicyclic) bond motifs is 1. The van der Waals surface area contributed by atoms with Crippen LogP contribution >= 0.6 is 12.4 Å². The monoisotopic (exact) mass is 409 g/mol. The minimum atomic E-state index is -3.54. The van der Waals surface area contributed by atoms with Crippen molar-refractivity contribution in [2.45, 2.75) is 23.8 Å². The molecular weight excluding hydrogens is 386 g/mol. The Morgan fingerprint density at radius 2 is 1.70 bits per heavy atom. The molecule has 2 heterocycles. The number of carbonyl (C=O) groups is 1. The van der Waals surface area contributed by atoms with E-state index in [9.17, 15) is 13.2 Å². The molecule has 0 aromatic heterocycles. The van der Waals surface area contributed by atoms with Gasteiger partial charge in [0, 0.05) is 26.2 Å². The number of nitrogens with zero attached hydrogens (tertiary/aromatic N) is 2. The summed E-state index contributed by atoms with van der Waals surface area (Å²) in [5.41, 5.74) is 0. The first-order valence-electron chi connectivity index (χ1n) is 9.07. The van der Waals surface area contributed by atoms with Gasteiger partial charge in [-0.3, -0.25) is 4.79 Å². The Labute approximate surface area is 166 Å². The Morgan fingerprint density at radius 3 is 2.37 bits per heavy atom. The van der Waals surface area contributed by atoms with Gasteiger partial charge < -0.3 is 10.2 Å². The first kappa shape index (κ1) is 20.1.